The molecular formula is C19H24N4O2. The molecule has 0 unspecified atom stereocenters. The number of anilines is 3. The van der Waals surface area contributed by atoms with Gasteiger partial charge in [-0.05, 0) is 24.6 Å². The number of amides is 1. The van der Waals surface area contributed by atoms with Crippen LogP contribution in [-0.2, 0) is 4.74 Å². The van der Waals surface area contributed by atoms with E-state index in [0.717, 1.165) is 43.1 Å². The predicted octanol–water partition coefficient (Wildman–Crippen LogP) is 2.99. The number of carbonyl (C=O) groups is 1. The zero-order chi connectivity index (χ0) is 17.5. The second-order valence-corrected chi connectivity index (χ2v) is 5.96. The maximum atomic E-state index is 12.7. The number of para-hydroxylation sites is 2. The first-order chi connectivity index (χ1) is 12.3. The van der Waals surface area contributed by atoms with Gasteiger partial charge in [0.05, 0.1) is 35.8 Å². The van der Waals surface area contributed by atoms with Gasteiger partial charge in [0, 0.05) is 32.0 Å². The van der Waals surface area contributed by atoms with Gasteiger partial charge >= 0.3 is 0 Å². The first-order valence-electron chi connectivity index (χ1n) is 8.70. The smallest absolute Gasteiger partial charge is 0.257 e. The fourth-order valence-corrected chi connectivity index (χ4v) is 2.78. The van der Waals surface area contributed by atoms with Crippen LogP contribution in [0.15, 0.2) is 42.7 Å². The predicted molar refractivity (Wildman–Crippen MR) is 100 cm³/mol. The summed E-state index contributed by atoms with van der Waals surface area (Å²) < 4.78 is 5.41. The first-order valence-corrected chi connectivity index (χ1v) is 8.70. The molecule has 0 saturated carbocycles. The molecule has 1 aliphatic rings. The Hall–Kier alpha value is -2.60. The van der Waals surface area contributed by atoms with Gasteiger partial charge in [-0.25, -0.2) is 0 Å². The van der Waals surface area contributed by atoms with Crippen LogP contribution < -0.4 is 15.5 Å². The van der Waals surface area contributed by atoms with Gasteiger partial charge in [0.2, 0.25) is 0 Å². The van der Waals surface area contributed by atoms with E-state index in [1.165, 1.54) is 0 Å². The summed E-state index contributed by atoms with van der Waals surface area (Å²) in [6.07, 6.45) is 4.33. The van der Waals surface area contributed by atoms with Gasteiger partial charge in [0.25, 0.3) is 5.91 Å². The number of aromatic nitrogens is 1. The van der Waals surface area contributed by atoms with Crippen LogP contribution in [0, 0.1) is 0 Å². The number of pyridine rings is 1. The molecule has 2 N–H and O–H groups in total. The monoisotopic (exact) mass is 340 g/mol. The van der Waals surface area contributed by atoms with Gasteiger partial charge in [-0.2, -0.15) is 0 Å². The molecule has 1 fully saturated rings. The van der Waals surface area contributed by atoms with Crippen LogP contribution in [0.5, 0.6) is 0 Å². The molecule has 0 spiro atoms. The molecule has 6 nitrogen and oxygen atoms in total. The highest BCUT2D eigenvalue weighted by Crippen LogP contribution is 2.27. The zero-order valence-electron chi connectivity index (χ0n) is 14.5. The third-order valence-corrected chi connectivity index (χ3v) is 4.08. The lowest BCUT2D eigenvalue weighted by Gasteiger charge is -2.30. The summed E-state index contributed by atoms with van der Waals surface area (Å²) in [6, 6.07) is 9.69. The van der Waals surface area contributed by atoms with Crippen molar-refractivity contribution in [3.8, 4) is 0 Å². The quantitative estimate of drug-likeness (QED) is 0.846. The summed E-state index contributed by atoms with van der Waals surface area (Å²) in [5, 5.41) is 6.27. The van der Waals surface area contributed by atoms with Crippen LogP contribution in [0.3, 0.4) is 0 Å². The van der Waals surface area contributed by atoms with Gasteiger partial charge in [0.1, 0.15) is 0 Å². The number of nitrogens with one attached hydrogen (secondary N) is 2. The molecule has 0 aliphatic carbocycles. The third-order valence-electron chi connectivity index (χ3n) is 4.08. The average Bonchev–Trinajstić information content (AvgIpc) is 2.67. The van der Waals surface area contributed by atoms with Crippen LogP contribution in [-0.4, -0.2) is 43.7 Å². The number of hydrogen-bond acceptors (Lipinski definition) is 5. The molecule has 1 aliphatic heterocycles. The molecule has 0 bridgehead atoms. The number of carbonyl (C=O) groups excluding carboxylic acids is 1. The molecule has 0 radical (unpaired) electrons. The summed E-state index contributed by atoms with van der Waals surface area (Å²) in [5.74, 6) is -0.159. The van der Waals surface area contributed by atoms with Gasteiger partial charge in [-0.1, -0.05) is 19.1 Å². The molecular weight excluding hydrogens is 316 g/mol. The van der Waals surface area contributed by atoms with Crippen molar-refractivity contribution in [3.63, 3.8) is 0 Å². The SMILES string of the molecule is CCCNc1cncc(C(=O)Nc2ccccc2N2CCOCC2)c1. The highest BCUT2D eigenvalue weighted by atomic mass is 16.5. The Bertz CT molecular complexity index is 714. The van der Waals surface area contributed by atoms with E-state index in [2.05, 4.69) is 27.4 Å². The van der Waals surface area contributed by atoms with E-state index in [-0.39, 0.29) is 5.91 Å². The minimum absolute atomic E-state index is 0.159. The van der Waals surface area contributed by atoms with Crippen molar-refractivity contribution in [1.82, 2.24) is 4.98 Å². The van der Waals surface area contributed by atoms with Crippen LogP contribution in [0.4, 0.5) is 17.1 Å². The van der Waals surface area contributed by atoms with Gasteiger partial charge in [-0.3, -0.25) is 9.78 Å². The average molecular weight is 340 g/mol. The molecule has 3 rings (SSSR count). The van der Waals surface area contributed by atoms with Crippen LogP contribution in [0.1, 0.15) is 23.7 Å². The Morgan fingerprint density at radius 3 is 2.84 bits per heavy atom. The lowest BCUT2D eigenvalue weighted by Crippen LogP contribution is -2.36. The molecule has 1 saturated heterocycles. The fourth-order valence-electron chi connectivity index (χ4n) is 2.78. The Balaban J connectivity index is 1.75. The molecule has 1 amide bonds. The Kier molecular flexibility index (Phi) is 5.85. The summed E-state index contributed by atoms with van der Waals surface area (Å²) in [6.45, 7) is 6.01. The van der Waals surface area contributed by atoms with E-state index in [4.69, 9.17) is 4.74 Å². The highest BCUT2D eigenvalue weighted by molar-refractivity contribution is 6.06. The van der Waals surface area contributed by atoms with Crippen molar-refractivity contribution in [2.24, 2.45) is 0 Å². The van der Waals surface area contributed by atoms with E-state index >= 15 is 0 Å². The van der Waals surface area contributed by atoms with Gasteiger partial charge < -0.3 is 20.3 Å². The van der Waals surface area contributed by atoms with Crippen LogP contribution in [0.2, 0.25) is 0 Å². The van der Waals surface area contributed by atoms with Crippen molar-refractivity contribution in [2.45, 2.75) is 13.3 Å². The maximum Gasteiger partial charge on any atom is 0.257 e. The third kappa shape index (κ3) is 4.48. The second kappa shape index (κ2) is 8.48. The number of ether oxygens (including phenoxy) is 1. The van der Waals surface area contributed by atoms with Crippen molar-refractivity contribution in [2.75, 3.05) is 48.4 Å². The molecule has 0 atom stereocenters. The Labute approximate surface area is 148 Å². The number of benzene rings is 1. The fraction of sp³-hybridized carbons (Fsp3) is 0.368. The minimum atomic E-state index is -0.159. The normalized spacial score (nSPS) is 14.2. The summed E-state index contributed by atoms with van der Waals surface area (Å²) in [7, 11) is 0. The number of hydrogen-bond donors (Lipinski definition) is 2. The number of rotatable bonds is 6. The zero-order valence-corrected chi connectivity index (χ0v) is 14.5. The summed E-state index contributed by atoms with van der Waals surface area (Å²) in [4.78, 5) is 19.0. The molecule has 25 heavy (non-hydrogen) atoms. The molecule has 2 aromatic rings. The highest BCUT2D eigenvalue weighted by Gasteiger charge is 2.16. The van der Waals surface area contributed by atoms with Crippen molar-refractivity contribution in [1.29, 1.82) is 0 Å². The van der Waals surface area contributed by atoms with Crippen molar-refractivity contribution >= 4 is 23.0 Å². The van der Waals surface area contributed by atoms with Crippen LogP contribution >= 0.6 is 0 Å². The van der Waals surface area contributed by atoms with Crippen molar-refractivity contribution < 1.29 is 9.53 Å². The molecule has 2 heterocycles. The number of morpholine rings is 1. The lowest BCUT2D eigenvalue weighted by molar-refractivity contribution is 0.102. The van der Waals surface area contributed by atoms with E-state index in [0.29, 0.717) is 18.8 Å². The van der Waals surface area contributed by atoms with E-state index in [1.54, 1.807) is 12.4 Å². The first kappa shape index (κ1) is 17.2. The summed E-state index contributed by atoms with van der Waals surface area (Å²) in [5.41, 5.74) is 3.22. The molecule has 1 aromatic carbocycles. The standard InChI is InChI=1S/C19H24N4O2/c1-2-7-21-16-12-15(13-20-14-16)19(24)22-17-5-3-4-6-18(17)23-8-10-25-11-9-23/h3-6,12-14,21H,2,7-11H2,1H3,(H,22,24). The van der Waals surface area contributed by atoms with Gasteiger partial charge in [-0.15, -0.1) is 0 Å². The maximum absolute atomic E-state index is 12.7. The largest absolute Gasteiger partial charge is 0.384 e. The Morgan fingerprint density at radius 1 is 1.24 bits per heavy atom. The van der Waals surface area contributed by atoms with E-state index < -0.39 is 0 Å². The van der Waals surface area contributed by atoms with Gasteiger partial charge in [0.15, 0.2) is 0 Å². The second-order valence-electron chi connectivity index (χ2n) is 5.96. The van der Waals surface area contributed by atoms with E-state index in [9.17, 15) is 4.79 Å². The van der Waals surface area contributed by atoms with Crippen LogP contribution in [0.25, 0.3) is 0 Å². The molecule has 6 heteroatoms. The molecule has 1 aromatic heterocycles. The molecule has 132 valence electrons. The minimum Gasteiger partial charge on any atom is -0.384 e. The Morgan fingerprint density at radius 2 is 2.04 bits per heavy atom. The lowest BCUT2D eigenvalue weighted by atomic mass is 10.2. The number of nitrogens with zero attached hydrogens (tertiary/aromatic N) is 2. The summed E-state index contributed by atoms with van der Waals surface area (Å²) >= 11 is 0. The van der Waals surface area contributed by atoms with E-state index in [1.807, 2.05) is 30.3 Å². The topological polar surface area (TPSA) is 66.5 Å². The van der Waals surface area contributed by atoms with Crippen molar-refractivity contribution in [3.05, 3.63) is 48.3 Å².